The molecule has 0 aliphatic carbocycles. The highest BCUT2D eigenvalue weighted by Crippen LogP contribution is 2.32. The van der Waals surface area contributed by atoms with Gasteiger partial charge in [-0.05, 0) is 79.9 Å². The minimum Gasteiger partial charge on any atom is -0.494 e. The van der Waals surface area contributed by atoms with Crippen LogP contribution >= 0.6 is 0 Å². The highest BCUT2D eigenvalue weighted by molar-refractivity contribution is 5.68. The third kappa shape index (κ3) is 7.94. The van der Waals surface area contributed by atoms with Crippen molar-refractivity contribution in [3.8, 4) is 34.1 Å². The van der Waals surface area contributed by atoms with E-state index in [1.807, 2.05) is 44.2 Å². The fraction of sp³-hybridized carbons (Fsp3) is 0.289. The van der Waals surface area contributed by atoms with Gasteiger partial charge in [0.25, 0.3) is 0 Å². The number of benzene rings is 4. The Morgan fingerprint density at radius 2 is 1.30 bits per heavy atom. The van der Waals surface area contributed by atoms with Crippen LogP contribution in [-0.4, -0.2) is 27.7 Å². The summed E-state index contributed by atoms with van der Waals surface area (Å²) in [5, 5.41) is 0. The molecule has 6 heteroatoms. The third-order valence-corrected chi connectivity index (χ3v) is 7.56. The molecule has 0 unspecified atom stereocenters. The van der Waals surface area contributed by atoms with Crippen LogP contribution in [0.4, 0.5) is 4.39 Å². The lowest BCUT2D eigenvalue weighted by atomic mass is 10.1. The summed E-state index contributed by atoms with van der Waals surface area (Å²) >= 11 is 0. The summed E-state index contributed by atoms with van der Waals surface area (Å²) in [5.74, 6) is 2.42. The van der Waals surface area contributed by atoms with Gasteiger partial charge in [0.2, 0.25) is 0 Å². The van der Waals surface area contributed by atoms with Crippen molar-refractivity contribution < 1.29 is 13.9 Å². The first-order chi connectivity index (χ1) is 21.6. The minimum atomic E-state index is -0.256. The number of hydrogen-bond acceptors (Lipinski definition) is 4. The number of nitrogens with zero attached hydrogens (tertiary/aromatic N) is 3. The lowest BCUT2D eigenvalue weighted by molar-refractivity contribution is 0.240. The van der Waals surface area contributed by atoms with Gasteiger partial charge in [0.05, 0.1) is 24.6 Å². The van der Waals surface area contributed by atoms with E-state index in [1.54, 1.807) is 0 Å². The van der Waals surface area contributed by atoms with Gasteiger partial charge in [-0.2, -0.15) is 0 Å². The van der Waals surface area contributed by atoms with E-state index in [1.165, 1.54) is 23.3 Å². The van der Waals surface area contributed by atoms with Crippen LogP contribution in [-0.2, 0) is 26.2 Å². The van der Waals surface area contributed by atoms with Gasteiger partial charge in [-0.1, -0.05) is 67.9 Å². The number of unbranched alkanes of at least 4 members (excludes halogenated alkanes) is 1. The van der Waals surface area contributed by atoms with Gasteiger partial charge in [0, 0.05) is 37.3 Å². The standard InChI is InChI=1S/C38H42FN3O2/c1-4-7-23-42-36(37(31-19-21-33(39)22-20-31)40-38(42)32-15-9-8-10-16-32)28-41(26-29-13-11-17-34(24-29)43-5-2)27-30-14-12-18-35(25-30)44-6-3/h8-22,24-25H,4-7,23,26-28H2,1-3H3. The molecule has 1 aromatic heterocycles. The number of imidazole rings is 1. The Hall–Kier alpha value is -4.42. The molecule has 0 N–H and O–H groups in total. The van der Waals surface area contributed by atoms with Crippen molar-refractivity contribution in [3.05, 3.63) is 126 Å². The van der Waals surface area contributed by atoms with E-state index < -0.39 is 0 Å². The van der Waals surface area contributed by atoms with E-state index in [-0.39, 0.29) is 5.82 Å². The lowest BCUT2D eigenvalue weighted by Gasteiger charge is -2.25. The summed E-state index contributed by atoms with van der Waals surface area (Å²) in [4.78, 5) is 7.69. The van der Waals surface area contributed by atoms with Crippen LogP contribution in [0.25, 0.3) is 22.6 Å². The van der Waals surface area contributed by atoms with Crippen LogP contribution in [0.5, 0.6) is 11.5 Å². The molecule has 0 aliphatic heterocycles. The monoisotopic (exact) mass is 591 g/mol. The van der Waals surface area contributed by atoms with Gasteiger partial charge >= 0.3 is 0 Å². The minimum absolute atomic E-state index is 0.256. The molecule has 0 bridgehead atoms. The van der Waals surface area contributed by atoms with Crippen LogP contribution in [0.1, 0.15) is 50.4 Å². The molecule has 0 saturated heterocycles. The van der Waals surface area contributed by atoms with Crippen molar-refractivity contribution in [2.75, 3.05) is 13.2 Å². The Morgan fingerprint density at radius 3 is 1.86 bits per heavy atom. The first-order valence-electron chi connectivity index (χ1n) is 15.6. The number of halogens is 1. The van der Waals surface area contributed by atoms with E-state index in [9.17, 15) is 4.39 Å². The van der Waals surface area contributed by atoms with E-state index in [2.05, 4.69) is 77.1 Å². The first kappa shape index (κ1) is 31.0. The zero-order valence-electron chi connectivity index (χ0n) is 26.0. The lowest BCUT2D eigenvalue weighted by Crippen LogP contribution is -2.24. The van der Waals surface area contributed by atoms with Crippen molar-refractivity contribution in [2.45, 2.75) is 59.8 Å². The Balaban J connectivity index is 1.61. The second-order valence-corrected chi connectivity index (χ2v) is 10.9. The molecule has 44 heavy (non-hydrogen) atoms. The van der Waals surface area contributed by atoms with E-state index in [0.29, 0.717) is 32.8 Å². The van der Waals surface area contributed by atoms with Gasteiger partial charge in [-0.3, -0.25) is 4.90 Å². The third-order valence-electron chi connectivity index (χ3n) is 7.56. The second-order valence-electron chi connectivity index (χ2n) is 10.9. The van der Waals surface area contributed by atoms with E-state index >= 15 is 0 Å². The van der Waals surface area contributed by atoms with Gasteiger partial charge in [-0.25, -0.2) is 9.37 Å². The Bertz CT molecular complexity index is 1560. The molecule has 0 saturated carbocycles. The molecule has 0 radical (unpaired) electrons. The molecule has 0 amide bonds. The Kier molecular flexibility index (Phi) is 10.8. The summed E-state index contributed by atoms with van der Waals surface area (Å²) in [6, 6.07) is 33.7. The molecular weight excluding hydrogens is 549 g/mol. The van der Waals surface area contributed by atoms with Crippen molar-refractivity contribution in [2.24, 2.45) is 0 Å². The highest BCUT2D eigenvalue weighted by Gasteiger charge is 2.22. The van der Waals surface area contributed by atoms with Gasteiger partial charge in [0.1, 0.15) is 23.1 Å². The second kappa shape index (κ2) is 15.3. The fourth-order valence-corrected chi connectivity index (χ4v) is 5.55. The smallest absolute Gasteiger partial charge is 0.140 e. The SMILES string of the molecule is CCCCn1c(-c2ccccc2)nc(-c2ccc(F)cc2)c1CN(Cc1cccc(OCC)c1)Cc1cccc(OCC)c1. The first-order valence-corrected chi connectivity index (χ1v) is 15.6. The predicted octanol–water partition coefficient (Wildman–Crippen LogP) is 9.16. The van der Waals surface area contributed by atoms with Gasteiger partial charge < -0.3 is 14.0 Å². The maximum absolute atomic E-state index is 14.0. The van der Waals surface area contributed by atoms with Crippen LogP contribution in [0.2, 0.25) is 0 Å². The van der Waals surface area contributed by atoms with Gasteiger partial charge in [-0.15, -0.1) is 0 Å². The zero-order valence-corrected chi connectivity index (χ0v) is 26.0. The van der Waals surface area contributed by atoms with Crippen LogP contribution < -0.4 is 9.47 Å². The molecule has 5 rings (SSSR count). The average molecular weight is 592 g/mol. The maximum atomic E-state index is 14.0. The topological polar surface area (TPSA) is 39.5 Å². The van der Waals surface area contributed by atoms with Crippen LogP contribution in [0.3, 0.4) is 0 Å². The largest absolute Gasteiger partial charge is 0.494 e. The Morgan fingerprint density at radius 1 is 0.682 bits per heavy atom. The summed E-state index contributed by atoms with van der Waals surface area (Å²) in [7, 11) is 0. The average Bonchev–Trinajstić information content (AvgIpc) is 3.39. The highest BCUT2D eigenvalue weighted by atomic mass is 19.1. The van der Waals surface area contributed by atoms with Crippen molar-refractivity contribution in [1.82, 2.24) is 14.5 Å². The molecule has 0 spiro atoms. The molecular formula is C38H42FN3O2. The molecule has 0 fully saturated rings. The molecule has 5 aromatic rings. The molecule has 1 heterocycles. The van der Waals surface area contributed by atoms with Crippen LogP contribution in [0, 0.1) is 5.82 Å². The summed E-state index contributed by atoms with van der Waals surface area (Å²) in [6.07, 6.45) is 2.09. The number of hydrogen-bond donors (Lipinski definition) is 0. The molecule has 0 aliphatic rings. The quantitative estimate of drug-likeness (QED) is 0.122. The number of ether oxygens (including phenoxy) is 2. The summed E-state index contributed by atoms with van der Waals surface area (Å²) in [6.45, 7) is 10.4. The van der Waals surface area contributed by atoms with Crippen molar-refractivity contribution in [3.63, 3.8) is 0 Å². The maximum Gasteiger partial charge on any atom is 0.140 e. The van der Waals surface area contributed by atoms with Gasteiger partial charge in [0.15, 0.2) is 0 Å². The normalized spacial score (nSPS) is 11.2. The summed E-state index contributed by atoms with van der Waals surface area (Å²) < 4.78 is 28.1. The number of rotatable bonds is 15. The Labute approximate surface area is 260 Å². The van der Waals surface area contributed by atoms with E-state index in [0.717, 1.165) is 59.2 Å². The van der Waals surface area contributed by atoms with Crippen LogP contribution in [0.15, 0.2) is 103 Å². The predicted molar refractivity (Wildman–Crippen MR) is 176 cm³/mol. The molecule has 228 valence electrons. The number of aromatic nitrogens is 2. The van der Waals surface area contributed by atoms with E-state index in [4.69, 9.17) is 14.5 Å². The van der Waals surface area contributed by atoms with Crippen molar-refractivity contribution >= 4 is 0 Å². The zero-order chi connectivity index (χ0) is 30.7. The molecule has 0 atom stereocenters. The van der Waals surface area contributed by atoms with Crippen molar-refractivity contribution in [1.29, 1.82) is 0 Å². The summed E-state index contributed by atoms with van der Waals surface area (Å²) in [5.41, 5.74) is 6.32. The molecule has 4 aromatic carbocycles. The fourth-order valence-electron chi connectivity index (χ4n) is 5.55. The molecule has 5 nitrogen and oxygen atoms in total.